The van der Waals surface area contributed by atoms with Gasteiger partial charge >= 0.3 is 0 Å². The predicted octanol–water partition coefficient (Wildman–Crippen LogP) is 3.76. The monoisotopic (exact) mass is 245 g/mol. The van der Waals surface area contributed by atoms with E-state index in [1.807, 2.05) is 12.1 Å². The summed E-state index contributed by atoms with van der Waals surface area (Å²) < 4.78 is 0. The van der Waals surface area contributed by atoms with Crippen LogP contribution in [0.1, 0.15) is 31.2 Å². The molecule has 0 amide bonds. The first-order valence-corrected chi connectivity index (χ1v) is 5.98. The molecule has 0 bridgehead atoms. The largest absolute Gasteiger partial charge is 0.294 e. The van der Waals surface area contributed by atoms with Crippen molar-refractivity contribution in [3.8, 4) is 6.07 Å². The Bertz CT molecular complexity index is 508. The summed E-state index contributed by atoms with van der Waals surface area (Å²) >= 11 is 5.83. The van der Waals surface area contributed by atoms with Crippen LogP contribution < -0.4 is 0 Å². The van der Waals surface area contributed by atoms with Gasteiger partial charge in [-0.3, -0.25) is 4.79 Å². The summed E-state index contributed by atoms with van der Waals surface area (Å²) in [6.07, 6.45) is 2.61. The van der Waals surface area contributed by atoms with E-state index in [9.17, 15) is 4.79 Å². The molecule has 0 atom stereocenters. The van der Waals surface area contributed by atoms with Crippen LogP contribution in [0.2, 0.25) is 5.02 Å². The van der Waals surface area contributed by atoms with Crippen molar-refractivity contribution >= 4 is 23.0 Å². The molecule has 0 saturated heterocycles. The van der Waals surface area contributed by atoms with Gasteiger partial charge in [0, 0.05) is 17.0 Å². The van der Waals surface area contributed by atoms with Crippen LogP contribution in [-0.4, -0.2) is 5.78 Å². The second kappa shape index (κ2) is 5.16. The number of ketones is 1. The number of halogens is 1. The molecule has 2 rings (SSSR count). The molecule has 3 heteroatoms. The normalized spacial score (nSPS) is 15.9. The summed E-state index contributed by atoms with van der Waals surface area (Å²) in [7, 11) is 0. The Morgan fingerprint density at radius 2 is 1.94 bits per heavy atom. The smallest absolute Gasteiger partial charge is 0.163 e. The van der Waals surface area contributed by atoms with Crippen molar-refractivity contribution in [1.82, 2.24) is 0 Å². The van der Waals surface area contributed by atoms with Crippen LogP contribution in [0.25, 0.3) is 5.57 Å². The summed E-state index contributed by atoms with van der Waals surface area (Å²) in [5.41, 5.74) is 2.57. The number of allylic oxidation sites excluding steroid dienone is 2. The topological polar surface area (TPSA) is 40.9 Å². The van der Waals surface area contributed by atoms with Crippen molar-refractivity contribution in [2.45, 2.75) is 25.7 Å². The molecule has 0 radical (unpaired) electrons. The lowest BCUT2D eigenvalue weighted by Gasteiger charge is -2.18. The molecule has 0 aliphatic heterocycles. The molecule has 1 aromatic rings. The Morgan fingerprint density at radius 1 is 1.24 bits per heavy atom. The summed E-state index contributed by atoms with van der Waals surface area (Å²) in [5, 5.41) is 9.45. The standard InChI is InChI=1S/C14H12ClNO/c15-12-6-4-11(5-7-12)14-10(8-9-16)2-1-3-13(14)17/h4-7H,1-3,8H2. The van der Waals surface area contributed by atoms with E-state index in [1.165, 1.54) is 0 Å². The minimum atomic E-state index is 0.142. The molecule has 1 aliphatic rings. The highest BCUT2D eigenvalue weighted by Crippen LogP contribution is 2.31. The number of nitriles is 1. The average molecular weight is 246 g/mol. The van der Waals surface area contributed by atoms with Gasteiger partial charge in [0.1, 0.15) is 0 Å². The third kappa shape index (κ3) is 2.57. The molecule has 0 spiro atoms. The Hall–Kier alpha value is -1.59. The fourth-order valence-electron chi connectivity index (χ4n) is 2.16. The first-order chi connectivity index (χ1) is 8.22. The maximum absolute atomic E-state index is 12.0. The van der Waals surface area contributed by atoms with E-state index in [1.54, 1.807) is 12.1 Å². The van der Waals surface area contributed by atoms with Gasteiger partial charge in [-0.05, 0) is 36.1 Å². The molecule has 0 aromatic heterocycles. The quantitative estimate of drug-likeness (QED) is 0.796. The third-order valence-electron chi connectivity index (χ3n) is 2.94. The number of benzene rings is 1. The van der Waals surface area contributed by atoms with E-state index in [4.69, 9.17) is 16.9 Å². The van der Waals surface area contributed by atoms with Crippen LogP contribution in [0.5, 0.6) is 0 Å². The average Bonchev–Trinajstić information content (AvgIpc) is 2.32. The molecule has 1 aliphatic carbocycles. The highest BCUT2D eigenvalue weighted by molar-refractivity contribution is 6.30. The van der Waals surface area contributed by atoms with E-state index in [2.05, 4.69) is 6.07 Å². The number of hydrogen-bond acceptors (Lipinski definition) is 2. The number of carbonyl (C=O) groups is 1. The Labute approximate surface area is 106 Å². The van der Waals surface area contributed by atoms with Gasteiger partial charge in [0.05, 0.1) is 12.5 Å². The Morgan fingerprint density at radius 3 is 2.59 bits per heavy atom. The summed E-state index contributed by atoms with van der Waals surface area (Å²) in [4.78, 5) is 12.0. The minimum absolute atomic E-state index is 0.142. The molecule has 0 unspecified atom stereocenters. The van der Waals surface area contributed by atoms with Gasteiger partial charge in [-0.1, -0.05) is 23.7 Å². The zero-order chi connectivity index (χ0) is 12.3. The Kier molecular flexibility index (Phi) is 3.61. The van der Waals surface area contributed by atoms with Crippen LogP contribution in [-0.2, 0) is 4.79 Å². The molecule has 0 heterocycles. The van der Waals surface area contributed by atoms with Crippen molar-refractivity contribution in [2.75, 3.05) is 0 Å². The van der Waals surface area contributed by atoms with Gasteiger partial charge in [-0.15, -0.1) is 0 Å². The third-order valence-corrected chi connectivity index (χ3v) is 3.19. The number of rotatable bonds is 2. The Balaban J connectivity index is 2.47. The van der Waals surface area contributed by atoms with E-state index in [0.717, 1.165) is 29.6 Å². The van der Waals surface area contributed by atoms with E-state index in [0.29, 0.717) is 17.9 Å². The van der Waals surface area contributed by atoms with Gasteiger partial charge < -0.3 is 0 Å². The lowest BCUT2D eigenvalue weighted by Crippen LogP contribution is -2.10. The molecule has 86 valence electrons. The van der Waals surface area contributed by atoms with Gasteiger partial charge in [-0.2, -0.15) is 5.26 Å². The van der Waals surface area contributed by atoms with E-state index in [-0.39, 0.29) is 5.78 Å². The summed E-state index contributed by atoms with van der Waals surface area (Å²) in [6, 6.07) is 9.37. The van der Waals surface area contributed by atoms with Crippen LogP contribution in [0.4, 0.5) is 0 Å². The molecule has 0 fully saturated rings. The fourth-order valence-corrected chi connectivity index (χ4v) is 2.29. The molecule has 1 aromatic carbocycles. The molecule has 0 N–H and O–H groups in total. The van der Waals surface area contributed by atoms with Crippen molar-refractivity contribution in [3.63, 3.8) is 0 Å². The second-order valence-electron chi connectivity index (χ2n) is 4.10. The lowest BCUT2D eigenvalue weighted by molar-refractivity contribution is -0.114. The molecule has 17 heavy (non-hydrogen) atoms. The molecular weight excluding hydrogens is 234 g/mol. The number of nitrogens with zero attached hydrogens (tertiary/aromatic N) is 1. The van der Waals surface area contributed by atoms with Crippen molar-refractivity contribution in [1.29, 1.82) is 5.26 Å². The highest BCUT2D eigenvalue weighted by Gasteiger charge is 2.21. The highest BCUT2D eigenvalue weighted by atomic mass is 35.5. The zero-order valence-corrected chi connectivity index (χ0v) is 10.1. The van der Waals surface area contributed by atoms with Gasteiger partial charge in [0.25, 0.3) is 0 Å². The van der Waals surface area contributed by atoms with Crippen molar-refractivity contribution in [3.05, 3.63) is 40.4 Å². The summed E-state index contributed by atoms with van der Waals surface area (Å²) in [6.45, 7) is 0. The first-order valence-electron chi connectivity index (χ1n) is 5.60. The molecular formula is C14H12ClNO. The number of hydrogen-bond donors (Lipinski definition) is 0. The summed E-state index contributed by atoms with van der Waals surface area (Å²) in [5.74, 6) is 0.142. The second-order valence-corrected chi connectivity index (χ2v) is 4.53. The van der Waals surface area contributed by atoms with Crippen LogP contribution in [0.3, 0.4) is 0 Å². The predicted molar refractivity (Wildman–Crippen MR) is 67.5 cm³/mol. The van der Waals surface area contributed by atoms with Crippen molar-refractivity contribution < 1.29 is 4.79 Å². The molecule has 2 nitrogen and oxygen atoms in total. The maximum Gasteiger partial charge on any atom is 0.163 e. The van der Waals surface area contributed by atoms with Gasteiger partial charge in [0.15, 0.2) is 5.78 Å². The number of carbonyl (C=O) groups excluding carboxylic acids is 1. The van der Waals surface area contributed by atoms with Crippen molar-refractivity contribution in [2.24, 2.45) is 0 Å². The van der Waals surface area contributed by atoms with E-state index < -0.39 is 0 Å². The van der Waals surface area contributed by atoms with Crippen LogP contribution in [0, 0.1) is 11.3 Å². The SMILES string of the molecule is N#CCC1=C(c2ccc(Cl)cc2)C(=O)CCC1. The lowest BCUT2D eigenvalue weighted by atomic mass is 9.85. The van der Waals surface area contributed by atoms with Gasteiger partial charge in [-0.25, -0.2) is 0 Å². The fraction of sp³-hybridized carbons (Fsp3) is 0.286. The minimum Gasteiger partial charge on any atom is -0.294 e. The molecule has 0 saturated carbocycles. The zero-order valence-electron chi connectivity index (χ0n) is 9.37. The van der Waals surface area contributed by atoms with Crippen LogP contribution in [0.15, 0.2) is 29.8 Å². The first kappa shape index (κ1) is 11.9. The number of Topliss-reactive ketones (excluding diaryl/α,β-unsaturated/α-hetero) is 1. The van der Waals surface area contributed by atoms with Gasteiger partial charge in [0.2, 0.25) is 0 Å². The van der Waals surface area contributed by atoms with E-state index >= 15 is 0 Å². The van der Waals surface area contributed by atoms with Crippen LogP contribution >= 0.6 is 11.6 Å². The maximum atomic E-state index is 12.0.